The van der Waals surface area contributed by atoms with Gasteiger partial charge in [0.05, 0.1) is 11.4 Å². The molecule has 27 heavy (non-hydrogen) atoms. The zero-order chi connectivity index (χ0) is 18.6. The Kier molecular flexibility index (Phi) is 4.67. The van der Waals surface area contributed by atoms with Gasteiger partial charge < -0.3 is 10.7 Å². The first-order chi connectivity index (χ1) is 13.3. The van der Waals surface area contributed by atoms with E-state index in [4.69, 9.17) is 5.41 Å². The smallest absolute Gasteiger partial charge is 0.0812 e. The van der Waals surface area contributed by atoms with Crippen LogP contribution in [0.25, 0.3) is 22.0 Å². The third-order valence-corrected chi connectivity index (χ3v) is 4.80. The molecule has 0 saturated carbocycles. The van der Waals surface area contributed by atoms with Gasteiger partial charge in [0.25, 0.3) is 0 Å². The van der Waals surface area contributed by atoms with Crippen molar-refractivity contribution in [3.63, 3.8) is 0 Å². The maximum atomic E-state index is 7.54. The maximum Gasteiger partial charge on any atom is 0.0812 e. The SMILES string of the molecule is Cc1ccccc1NCc1ccc2ccccc2c1-c1cccc(C=N)n1. The lowest BCUT2D eigenvalue weighted by atomic mass is 9.95. The molecule has 132 valence electrons. The Hall–Kier alpha value is -3.46. The summed E-state index contributed by atoms with van der Waals surface area (Å²) in [5.74, 6) is 0. The van der Waals surface area contributed by atoms with Gasteiger partial charge in [0, 0.05) is 24.0 Å². The van der Waals surface area contributed by atoms with Crippen LogP contribution in [0.2, 0.25) is 0 Å². The number of aryl methyl sites for hydroxylation is 1. The molecule has 3 aromatic carbocycles. The third kappa shape index (κ3) is 3.44. The van der Waals surface area contributed by atoms with E-state index in [1.54, 1.807) is 0 Å². The van der Waals surface area contributed by atoms with Crippen LogP contribution in [-0.2, 0) is 6.54 Å². The summed E-state index contributed by atoms with van der Waals surface area (Å²) in [7, 11) is 0. The van der Waals surface area contributed by atoms with E-state index in [1.165, 1.54) is 28.1 Å². The topological polar surface area (TPSA) is 48.8 Å². The molecule has 0 aliphatic heterocycles. The van der Waals surface area contributed by atoms with E-state index < -0.39 is 0 Å². The van der Waals surface area contributed by atoms with E-state index in [2.05, 4.69) is 71.8 Å². The van der Waals surface area contributed by atoms with Crippen LogP contribution < -0.4 is 5.32 Å². The summed E-state index contributed by atoms with van der Waals surface area (Å²) in [6.07, 6.45) is 1.29. The van der Waals surface area contributed by atoms with Crippen molar-refractivity contribution in [1.29, 1.82) is 5.41 Å². The Balaban J connectivity index is 1.82. The second-order valence-corrected chi connectivity index (χ2v) is 6.58. The molecule has 1 aromatic heterocycles. The lowest BCUT2D eigenvalue weighted by Gasteiger charge is -2.15. The van der Waals surface area contributed by atoms with Crippen LogP contribution in [0.4, 0.5) is 5.69 Å². The van der Waals surface area contributed by atoms with Crippen molar-refractivity contribution in [2.45, 2.75) is 13.5 Å². The molecule has 1 heterocycles. The summed E-state index contributed by atoms with van der Waals surface area (Å²) in [5, 5.41) is 13.5. The molecule has 0 amide bonds. The molecule has 2 N–H and O–H groups in total. The fraction of sp³-hybridized carbons (Fsp3) is 0.0833. The predicted molar refractivity (Wildman–Crippen MR) is 114 cm³/mol. The Labute approximate surface area is 159 Å². The zero-order valence-electron chi connectivity index (χ0n) is 15.2. The fourth-order valence-electron chi connectivity index (χ4n) is 3.40. The summed E-state index contributed by atoms with van der Waals surface area (Å²) in [4.78, 5) is 4.67. The number of hydrogen-bond donors (Lipinski definition) is 2. The van der Waals surface area contributed by atoms with Crippen molar-refractivity contribution in [3.8, 4) is 11.3 Å². The molecule has 0 atom stereocenters. The minimum Gasteiger partial charge on any atom is -0.381 e. The summed E-state index contributed by atoms with van der Waals surface area (Å²) in [6.45, 7) is 2.82. The quantitative estimate of drug-likeness (QED) is 0.445. The standard InChI is InChI=1S/C24H21N3/c1-17-7-2-5-11-22(17)26-16-19-14-13-18-8-3-4-10-21(18)24(19)23-12-6-9-20(15-25)27-23/h2-15,25-26H,16H2,1H3. The number of fused-ring (bicyclic) bond motifs is 1. The van der Waals surface area contributed by atoms with Gasteiger partial charge in [-0.05, 0) is 47.0 Å². The van der Waals surface area contributed by atoms with Gasteiger partial charge >= 0.3 is 0 Å². The van der Waals surface area contributed by atoms with Crippen molar-refractivity contribution in [3.05, 3.63) is 95.7 Å². The van der Waals surface area contributed by atoms with Crippen molar-refractivity contribution < 1.29 is 0 Å². The van der Waals surface area contributed by atoms with E-state index in [0.717, 1.165) is 16.9 Å². The molecule has 0 spiro atoms. The summed E-state index contributed by atoms with van der Waals surface area (Å²) in [6, 6.07) is 26.9. The number of aromatic nitrogens is 1. The van der Waals surface area contributed by atoms with Gasteiger partial charge in [-0.3, -0.25) is 0 Å². The summed E-state index contributed by atoms with van der Waals surface area (Å²) >= 11 is 0. The first-order valence-corrected chi connectivity index (χ1v) is 9.04. The summed E-state index contributed by atoms with van der Waals surface area (Å²) in [5.41, 5.74) is 6.23. The minimum atomic E-state index is 0.665. The number of pyridine rings is 1. The van der Waals surface area contributed by atoms with Gasteiger partial charge in [-0.25, -0.2) is 4.98 Å². The molecule has 4 aromatic rings. The van der Waals surface area contributed by atoms with Gasteiger partial charge in [0.15, 0.2) is 0 Å². The van der Waals surface area contributed by atoms with Crippen LogP contribution in [0.15, 0.2) is 78.9 Å². The molecular formula is C24H21N3. The monoisotopic (exact) mass is 351 g/mol. The van der Waals surface area contributed by atoms with Crippen LogP contribution in [-0.4, -0.2) is 11.2 Å². The third-order valence-electron chi connectivity index (χ3n) is 4.80. The first kappa shape index (κ1) is 17.0. The largest absolute Gasteiger partial charge is 0.381 e. The Morgan fingerprint density at radius 2 is 1.70 bits per heavy atom. The second kappa shape index (κ2) is 7.42. The van der Waals surface area contributed by atoms with Gasteiger partial charge in [0.2, 0.25) is 0 Å². The Bertz CT molecular complexity index is 1120. The number of benzene rings is 3. The van der Waals surface area contributed by atoms with Crippen molar-refractivity contribution in [2.24, 2.45) is 0 Å². The van der Waals surface area contributed by atoms with Crippen LogP contribution >= 0.6 is 0 Å². The van der Waals surface area contributed by atoms with Crippen molar-refractivity contribution in [1.82, 2.24) is 4.98 Å². The zero-order valence-corrected chi connectivity index (χ0v) is 15.2. The molecular weight excluding hydrogens is 330 g/mol. The molecule has 0 radical (unpaired) electrons. The summed E-state index contributed by atoms with van der Waals surface area (Å²) < 4.78 is 0. The lowest BCUT2D eigenvalue weighted by molar-refractivity contribution is 1.14. The number of hydrogen-bond acceptors (Lipinski definition) is 3. The van der Waals surface area contributed by atoms with Crippen molar-refractivity contribution in [2.75, 3.05) is 5.32 Å². The van der Waals surface area contributed by atoms with Gasteiger partial charge in [0.1, 0.15) is 0 Å². The first-order valence-electron chi connectivity index (χ1n) is 9.04. The molecule has 0 saturated heterocycles. The highest BCUT2D eigenvalue weighted by atomic mass is 14.9. The van der Waals surface area contributed by atoms with E-state index in [-0.39, 0.29) is 0 Å². The average molecular weight is 351 g/mol. The minimum absolute atomic E-state index is 0.665. The van der Waals surface area contributed by atoms with E-state index in [1.807, 2.05) is 24.3 Å². The highest BCUT2D eigenvalue weighted by Gasteiger charge is 2.12. The average Bonchev–Trinajstić information content (AvgIpc) is 2.72. The van der Waals surface area contributed by atoms with Crippen LogP contribution in [0.5, 0.6) is 0 Å². The molecule has 0 unspecified atom stereocenters. The van der Waals surface area contributed by atoms with E-state index in [0.29, 0.717) is 12.2 Å². The number of nitrogens with one attached hydrogen (secondary N) is 2. The van der Waals surface area contributed by atoms with E-state index >= 15 is 0 Å². The molecule has 3 heteroatoms. The van der Waals surface area contributed by atoms with Crippen LogP contribution in [0.3, 0.4) is 0 Å². The van der Waals surface area contributed by atoms with Crippen LogP contribution in [0.1, 0.15) is 16.8 Å². The molecule has 3 nitrogen and oxygen atoms in total. The van der Waals surface area contributed by atoms with E-state index in [9.17, 15) is 0 Å². The lowest BCUT2D eigenvalue weighted by Crippen LogP contribution is -2.04. The molecule has 0 bridgehead atoms. The van der Waals surface area contributed by atoms with Crippen molar-refractivity contribution >= 4 is 22.7 Å². The molecule has 4 rings (SSSR count). The van der Waals surface area contributed by atoms with Gasteiger partial charge in [-0.1, -0.05) is 60.7 Å². The number of anilines is 1. The normalized spacial score (nSPS) is 10.7. The highest BCUT2D eigenvalue weighted by Crippen LogP contribution is 2.32. The number of nitrogens with zero attached hydrogens (tertiary/aromatic N) is 1. The van der Waals surface area contributed by atoms with Gasteiger partial charge in [-0.2, -0.15) is 0 Å². The maximum absolute atomic E-state index is 7.54. The fourth-order valence-corrected chi connectivity index (χ4v) is 3.40. The highest BCUT2D eigenvalue weighted by molar-refractivity contribution is 5.98. The predicted octanol–water partition coefficient (Wildman–Crippen LogP) is 5.82. The number of para-hydroxylation sites is 1. The molecule has 0 aliphatic carbocycles. The Morgan fingerprint density at radius 3 is 2.56 bits per heavy atom. The van der Waals surface area contributed by atoms with Gasteiger partial charge in [-0.15, -0.1) is 0 Å². The number of rotatable bonds is 5. The molecule has 0 fully saturated rings. The second-order valence-electron chi connectivity index (χ2n) is 6.58. The molecule has 0 aliphatic rings. The Morgan fingerprint density at radius 1 is 0.889 bits per heavy atom. The van der Waals surface area contributed by atoms with Crippen LogP contribution in [0, 0.1) is 12.3 Å².